The van der Waals surface area contributed by atoms with Gasteiger partial charge in [-0.3, -0.25) is 9.11 Å². The van der Waals surface area contributed by atoms with Crippen LogP contribution < -0.4 is 0 Å². The second kappa shape index (κ2) is 17.1. The number of aliphatic hydroxyl groups excluding tert-OH is 2. The van der Waals surface area contributed by atoms with Crippen LogP contribution in [0.15, 0.2) is 0 Å². The van der Waals surface area contributed by atoms with E-state index in [9.17, 15) is 16.8 Å². The lowest BCUT2D eigenvalue weighted by Crippen LogP contribution is -2.02. The summed E-state index contributed by atoms with van der Waals surface area (Å²) < 4.78 is 56.0. The van der Waals surface area contributed by atoms with Crippen LogP contribution >= 0.6 is 0 Å². The van der Waals surface area contributed by atoms with Crippen molar-refractivity contribution in [1.29, 1.82) is 0 Å². The number of aliphatic hydroxyl groups is 2. The van der Waals surface area contributed by atoms with Crippen LogP contribution in [0.3, 0.4) is 0 Å². The van der Waals surface area contributed by atoms with E-state index < -0.39 is 20.2 Å². The molecule has 0 radical (unpaired) electrons. The van der Waals surface area contributed by atoms with E-state index in [0.29, 0.717) is 12.8 Å². The number of hydrogen-bond donors (Lipinski definition) is 4. The largest absolute Gasteiger partial charge is 0.396 e. The van der Waals surface area contributed by atoms with Gasteiger partial charge in [0.25, 0.3) is 20.2 Å². The van der Waals surface area contributed by atoms with E-state index in [1.54, 1.807) is 0 Å². The van der Waals surface area contributed by atoms with Crippen molar-refractivity contribution < 1.29 is 36.2 Å². The van der Waals surface area contributed by atoms with Crippen LogP contribution in [0.1, 0.15) is 52.4 Å². The van der Waals surface area contributed by atoms with E-state index in [4.69, 9.17) is 19.3 Å². The quantitative estimate of drug-likeness (QED) is 0.350. The number of rotatable bonds is 9. The second-order valence-electron chi connectivity index (χ2n) is 4.43. The highest BCUT2D eigenvalue weighted by atomic mass is 32.2. The Hall–Kier alpha value is -0.260. The molecule has 10 heteroatoms. The van der Waals surface area contributed by atoms with Crippen molar-refractivity contribution in [3.63, 3.8) is 0 Å². The monoisotopic (exact) mass is 366 g/mol. The first-order valence-electron chi connectivity index (χ1n) is 7.16. The molecule has 0 amide bonds. The fourth-order valence-corrected chi connectivity index (χ4v) is 2.18. The molecule has 0 bridgehead atoms. The molecule has 22 heavy (non-hydrogen) atoms. The number of hydrogen-bond acceptors (Lipinski definition) is 6. The minimum absolute atomic E-state index is 0.108. The summed E-state index contributed by atoms with van der Waals surface area (Å²) in [6, 6.07) is 0. The minimum Gasteiger partial charge on any atom is -0.396 e. The lowest BCUT2D eigenvalue weighted by Gasteiger charge is -1.90. The van der Waals surface area contributed by atoms with Gasteiger partial charge in [0.05, 0.1) is 11.5 Å². The van der Waals surface area contributed by atoms with Gasteiger partial charge in [-0.25, -0.2) is 0 Å². The standard InChI is InChI=1S/2C4H10O3S.C4H10O2/c2*1-2-3-4-8(5,6)7;5-3-1-2-4-6/h2*2-4H2,1H3,(H,5,6,7);5-6H,1-4H2. The Morgan fingerprint density at radius 2 is 0.909 bits per heavy atom. The molecule has 0 unspecified atom stereocenters. The van der Waals surface area contributed by atoms with Crippen molar-refractivity contribution in [2.75, 3.05) is 24.7 Å². The third kappa shape index (κ3) is 42.7. The van der Waals surface area contributed by atoms with Gasteiger partial charge in [0.15, 0.2) is 0 Å². The van der Waals surface area contributed by atoms with Crippen LogP contribution in [-0.2, 0) is 20.2 Å². The molecule has 0 heterocycles. The molecule has 0 aliphatic carbocycles. The van der Waals surface area contributed by atoms with Crippen molar-refractivity contribution in [1.82, 2.24) is 0 Å². The Labute approximate surface area is 134 Å². The highest BCUT2D eigenvalue weighted by molar-refractivity contribution is 7.86. The zero-order chi connectivity index (χ0) is 18.1. The molecular formula is C12H30O8S2. The van der Waals surface area contributed by atoms with E-state index >= 15 is 0 Å². The normalized spacial score (nSPS) is 11.0. The van der Waals surface area contributed by atoms with Gasteiger partial charge in [-0.2, -0.15) is 16.8 Å². The molecule has 8 nitrogen and oxygen atoms in total. The molecule has 138 valence electrons. The topological polar surface area (TPSA) is 149 Å². The summed E-state index contributed by atoms with van der Waals surface area (Å²) in [5.74, 6) is -0.215. The summed E-state index contributed by atoms with van der Waals surface area (Å²) in [4.78, 5) is 0. The van der Waals surface area contributed by atoms with E-state index in [0.717, 1.165) is 25.7 Å². The Kier molecular flexibility index (Phi) is 20.7. The molecule has 0 aromatic carbocycles. The van der Waals surface area contributed by atoms with Crippen LogP contribution in [0.5, 0.6) is 0 Å². The van der Waals surface area contributed by atoms with E-state index in [1.165, 1.54) is 0 Å². The van der Waals surface area contributed by atoms with Gasteiger partial charge in [-0.15, -0.1) is 0 Å². The van der Waals surface area contributed by atoms with Crippen molar-refractivity contribution in [2.45, 2.75) is 52.4 Å². The third-order valence-corrected chi connectivity index (χ3v) is 3.69. The summed E-state index contributed by atoms with van der Waals surface area (Å²) in [5.41, 5.74) is 0. The maximum atomic E-state index is 9.95. The van der Waals surface area contributed by atoms with Gasteiger partial charge in [-0.1, -0.05) is 26.7 Å². The van der Waals surface area contributed by atoms with Crippen molar-refractivity contribution in [3.05, 3.63) is 0 Å². The highest BCUT2D eigenvalue weighted by Crippen LogP contribution is 1.91. The molecule has 0 aromatic heterocycles. The van der Waals surface area contributed by atoms with Crippen molar-refractivity contribution in [3.8, 4) is 0 Å². The van der Waals surface area contributed by atoms with E-state index in [-0.39, 0.29) is 24.7 Å². The van der Waals surface area contributed by atoms with Crippen molar-refractivity contribution >= 4 is 20.2 Å². The first kappa shape index (κ1) is 26.6. The third-order valence-electron chi connectivity index (χ3n) is 2.08. The summed E-state index contributed by atoms with van der Waals surface area (Å²) in [6.45, 7) is 4.12. The van der Waals surface area contributed by atoms with Gasteiger partial charge in [0.1, 0.15) is 0 Å². The highest BCUT2D eigenvalue weighted by Gasteiger charge is 2.00. The molecule has 0 aliphatic rings. The van der Waals surface area contributed by atoms with Gasteiger partial charge < -0.3 is 10.2 Å². The van der Waals surface area contributed by atoms with Gasteiger partial charge in [-0.05, 0) is 25.7 Å². The molecule has 0 fully saturated rings. The van der Waals surface area contributed by atoms with Gasteiger partial charge >= 0.3 is 0 Å². The average Bonchev–Trinajstić information content (AvgIpc) is 2.40. The summed E-state index contributed by atoms with van der Waals surface area (Å²) in [5, 5.41) is 16.2. The van der Waals surface area contributed by atoms with Crippen LogP contribution in [0, 0.1) is 0 Å². The van der Waals surface area contributed by atoms with Crippen LogP contribution in [0.25, 0.3) is 0 Å². The summed E-state index contributed by atoms with van der Waals surface area (Å²) in [6.07, 6.45) is 4.10. The SMILES string of the molecule is CCCCS(=O)(=O)O.CCCCS(=O)(=O)O.OCCCCO. The first-order chi connectivity index (χ1) is 10.0. The zero-order valence-electron chi connectivity index (χ0n) is 13.3. The predicted molar refractivity (Wildman–Crippen MR) is 86.1 cm³/mol. The number of unbranched alkanes of at least 4 members (excludes halogenated alkanes) is 3. The summed E-state index contributed by atoms with van der Waals surface area (Å²) >= 11 is 0. The van der Waals surface area contributed by atoms with Crippen molar-refractivity contribution in [2.24, 2.45) is 0 Å². The second-order valence-corrected chi connectivity index (χ2v) is 7.58. The lowest BCUT2D eigenvalue weighted by atomic mass is 10.3. The Balaban J connectivity index is -0.000000249. The van der Waals surface area contributed by atoms with Crippen LogP contribution in [0.4, 0.5) is 0 Å². The van der Waals surface area contributed by atoms with Gasteiger partial charge in [0, 0.05) is 13.2 Å². The van der Waals surface area contributed by atoms with Crippen LogP contribution in [0.2, 0.25) is 0 Å². The predicted octanol–water partition coefficient (Wildman–Crippen LogP) is 1.10. The van der Waals surface area contributed by atoms with E-state index in [2.05, 4.69) is 0 Å². The molecular weight excluding hydrogens is 336 g/mol. The Morgan fingerprint density at radius 3 is 1.00 bits per heavy atom. The molecule has 4 N–H and O–H groups in total. The fourth-order valence-electron chi connectivity index (χ4n) is 0.877. The molecule has 0 aromatic rings. The maximum absolute atomic E-state index is 9.95. The van der Waals surface area contributed by atoms with Crippen LogP contribution in [-0.4, -0.2) is 60.9 Å². The fraction of sp³-hybridized carbons (Fsp3) is 1.00. The Bertz CT molecular complexity index is 363. The molecule has 0 rings (SSSR count). The molecule has 0 aliphatic heterocycles. The minimum atomic E-state index is -3.69. The Morgan fingerprint density at radius 1 is 0.636 bits per heavy atom. The summed E-state index contributed by atoms with van der Waals surface area (Å²) in [7, 11) is -7.37. The average molecular weight is 366 g/mol. The molecule has 0 spiro atoms. The molecule has 0 saturated heterocycles. The smallest absolute Gasteiger partial charge is 0.264 e. The van der Waals surface area contributed by atoms with Gasteiger partial charge in [0.2, 0.25) is 0 Å². The zero-order valence-corrected chi connectivity index (χ0v) is 14.9. The molecule has 0 atom stereocenters. The lowest BCUT2D eigenvalue weighted by molar-refractivity contribution is 0.242. The maximum Gasteiger partial charge on any atom is 0.264 e. The first-order valence-corrected chi connectivity index (χ1v) is 10.4. The van der Waals surface area contributed by atoms with E-state index in [1.807, 2.05) is 13.8 Å². The molecule has 0 saturated carbocycles.